The number of halogens is 1. The van der Waals surface area contributed by atoms with Crippen molar-refractivity contribution in [2.75, 3.05) is 7.11 Å². The number of carbonyl (C=O) groups excluding carboxylic acids is 2. The van der Waals surface area contributed by atoms with Gasteiger partial charge in [-0.25, -0.2) is 0 Å². The molecule has 182 valence electrons. The smallest absolute Gasteiger partial charge is 0.339 e. The second kappa shape index (κ2) is 9.28. The fraction of sp³-hybridized carbons (Fsp3) is 0.308. The van der Waals surface area contributed by atoms with Crippen molar-refractivity contribution in [3.05, 3.63) is 75.0 Å². The number of ether oxygens (including phenoxy) is 1. The van der Waals surface area contributed by atoms with Crippen LogP contribution >= 0.6 is 15.9 Å². The Morgan fingerprint density at radius 3 is 2.09 bits per heavy atom. The first-order valence-corrected chi connectivity index (χ1v) is 13.7. The third-order valence-electron chi connectivity index (χ3n) is 6.60. The lowest BCUT2D eigenvalue weighted by molar-refractivity contribution is -0.117. The van der Waals surface area contributed by atoms with Crippen LogP contribution in [0.4, 0.5) is 0 Å². The Hall–Kier alpha value is -2.91. The molecule has 2 aromatic carbocycles. The summed E-state index contributed by atoms with van der Waals surface area (Å²) in [6.45, 7) is 0. The molecular weight excluding hydrogens is 534 g/mol. The normalized spacial score (nSPS) is 18.7. The minimum Gasteiger partial charge on any atom is -0.493 e. The lowest BCUT2D eigenvalue weighted by atomic mass is 9.71. The molecule has 0 unspecified atom stereocenters. The largest absolute Gasteiger partial charge is 0.493 e. The molecule has 2 aliphatic carbocycles. The van der Waals surface area contributed by atoms with Crippen LogP contribution in [0.5, 0.6) is 11.5 Å². The molecule has 0 amide bonds. The minimum atomic E-state index is -4.11. The van der Waals surface area contributed by atoms with Crippen LogP contribution in [0, 0.1) is 0 Å². The highest BCUT2D eigenvalue weighted by molar-refractivity contribution is 9.10. The van der Waals surface area contributed by atoms with E-state index in [0.29, 0.717) is 34.0 Å². The number of nitrogens with one attached hydrogen (secondary N) is 1. The molecule has 0 aromatic heterocycles. The van der Waals surface area contributed by atoms with Gasteiger partial charge in [-0.05, 0) is 71.4 Å². The fourth-order valence-electron chi connectivity index (χ4n) is 5.05. The van der Waals surface area contributed by atoms with Crippen LogP contribution < -0.4 is 14.2 Å². The SMILES string of the molecule is COc1cc(C2C3=C(CCCC3=O)NC3=C2C(=O)CCC3)cc(Br)c1OS(=O)(=O)c1ccccc1. The average molecular weight is 558 g/mol. The van der Waals surface area contributed by atoms with Gasteiger partial charge in [-0.15, -0.1) is 0 Å². The van der Waals surface area contributed by atoms with Crippen molar-refractivity contribution in [3.8, 4) is 11.5 Å². The number of carbonyl (C=O) groups is 2. The van der Waals surface area contributed by atoms with Gasteiger partial charge in [-0.3, -0.25) is 9.59 Å². The summed E-state index contributed by atoms with van der Waals surface area (Å²) in [5, 5.41) is 3.39. The molecule has 9 heteroatoms. The van der Waals surface area contributed by atoms with Gasteiger partial charge in [0.2, 0.25) is 0 Å². The second-order valence-corrected chi connectivity index (χ2v) is 11.2. The van der Waals surface area contributed by atoms with Crippen molar-refractivity contribution in [1.29, 1.82) is 0 Å². The lowest BCUT2D eigenvalue weighted by Gasteiger charge is -2.37. The number of benzene rings is 2. The minimum absolute atomic E-state index is 0.00221. The first-order chi connectivity index (χ1) is 16.8. The molecule has 0 saturated carbocycles. The van der Waals surface area contributed by atoms with Crippen molar-refractivity contribution >= 4 is 37.6 Å². The molecule has 0 fully saturated rings. The average Bonchev–Trinajstić information content (AvgIpc) is 2.85. The first kappa shape index (κ1) is 23.8. The van der Waals surface area contributed by atoms with Gasteiger partial charge in [0.1, 0.15) is 4.90 Å². The number of Topliss-reactive ketones (excluding diaryl/α,β-unsaturated/α-hetero) is 2. The molecule has 2 aromatic rings. The molecule has 0 spiro atoms. The van der Waals surface area contributed by atoms with E-state index in [2.05, 4.69) is 21.2 Å². The molecule has 1 aliphatic heterocycles. The Morgan fingerprint density at radius 2 is 1.51 bits per heavy atom. The van der Waals surface area contributed by atoms with Gasteiger partial charge in [0.15, 0.2) is 23.1 Å². The number of allylic oxidation sites excluding steroid dienone is 4. The first-order valence-electron chi connectivity index (χ1n) is 11.5. The van der Waals surface area contributed by atoms with E-state index in [-0.39, 0.29) is 28.0 Å². The van der Waals surface area contributed by atoms with Crippen LogP contribution in [0.2, 0.25) is 0 Å². The van der Waals surface area contributed by atoms with Crippen LogP contribution in [0.15, 0.2) is 74.4 Å². The summed E-state index contributed by atoms with van der Waals surface area (Å²) >= 11 is 3.45. The van der Waals surface area contributed by atoms with Gasteiger partial charge < -0.3 is 14.2 Å². The predicted molar refractivity (Wildman–Crippen MR) is 133 cm³/mol. The van der Waals surface area contributed by atoms with Crippen molar-refractivity contribution in [3.63, 3.8) is 0 Å². The van der Waals surface area contributed by atoms with Gasteiger partial charge in [0, 0.05) is 41.3 Å². The molecule has 0 radical (unpaired) electrons. The number of hydrogen-bond donors (Lipinski definition) is 1. The summed E-state index contributed by atoms with van der Waals surface area (Å²) in [6.07, 6.45) is 3.90. The summed E-state index contributed by atoms with van der Waals surface area (Å²) in [5.41, 5.74) is 3.66. The van der Waals surface area contributed by atoms with E-state index in [0.717, 1.165) is 37.1 Å². The number of ketones is 2. The van der Waals surface area contributed by atoms with Gasteiger partial charge in [-0.2, -0.15) is 8.42 Å². The maximum Gasteiger partial charge on any atom is 0.339 e. The van der Waals surface area contributed by atoms with E-state index < -0.39 is 16.0 Å². The molecular formula is C26H24BrNO6S. The van der Waals surface area contributed by atoms with E-state index in [4.69, 9.17) is 8.92 Å². The molecule has 1 heterocycles. The Bertz CT molecular complexity index is 1350. The van der Waals surface area contributed by atoms with Crippen molar-refractivity contribution in [1.82, 2.24) is 5.32 Å². The number of rotatable bonds is 5. The van der Waals surface area contributed by atoms with Crippen LogP contribution in [0.3, 0.4) is 0 Å². The molecule has 0 bridgehead atoms. The van der Waals surface area contributed by atoms with Crippen LogP contribution in [0.25, 0.3) is 0 Å². The quantitative estimate of drug-likeness (QED) is 0.520. The van der Waals surface area contributed by atoms with Crippen LogP contribution in [-0.4, -0.2) is 27.1 Å². The monoisotopic (exact) mass is 557 g/mol. The molecule has 5 rings (SSSR count). The van der Waals surface area contributed by atoms with E-state index in [1.165, 1.54) is 19.2 Å². The van der Waals surface area contributed by atoms with Gasteiger partial charge in [-0.1, -0.05) is 18.2 Å². The number of dihydropyridines is 1. The molecule has 7 nitrogen and oxygen atoms in total. The number of methoxy groups -OCH3 is 1. The summed E-state index contributed by atoms with van der Waals surface area (Å²) in [6, 6.07) is 11.2. The standard InChI is InChI=1S/C26H24BrNO6S/c1-33-22-14-15(13-17(27)26(22)34-35(31,32)16-7-3-2-4-8-16)23-24-18(9-5-11-20(24)29)28-19-10-6-12-21(30)25(19)23/h2-4,7-8,13-14,23,28H,5-6,9-12H2,1H3. The maximum absolute atomic E-state index is 13.1. The molecule has 35 heavy (non-hydrogen) atoms. The van der Waals surface area contributed by atoms with Crippen molar-refractivity contribution < 1.29 is 26.9 Å². The summed E-state index contributed by atoms with van der Waals surface area (Å²) in [4.78, 5) is 26.1. The van der Waals surface area contributed by atoms with Crippen molar-refractivity contribution in [2.24, 2.45) is 0 Å². The van der Waals surface area contributed by atoms with E-state index in [1.807, 2.05) is 0 Å². The van der Waals surface area contributed by atoms with Crippen LogP contribution in [-0.2, 0) is 19.7 Å². The summed E-state index contributed by atoms with van der Waals surface area (Å²) in [7, 11) is -2.69. The fourth-order valence-corrected chi connectivity index (χ4v) is 6.67. The van der Waals surface area contributed by atoms with E-state index in [9.17, 15) is 18.0 Å². The lowest BCUT2D eigenvalue weighted by Crippen LogP contribution is -2.36. The van der Waals surface area contributed by atoms with Gasteiger partial charge in [0.25, 0.3) is 0 Å². The third-order valence-corrected chi connectivity index (χ3v) is 8.43. The van der Waals surface area contributed by atoms with E-state index >= 15 is 0 Å². The Balaban J connectivity index is 1.62. The second-order valence-electron chi connectivity index (χ2n) is 8.78. The summed E-state index contributed by atoms with van der Waals surface area (Å²) < 4.78 is 37.1. The zero-order valence-corrected chi connectivity index (χ0v) is 21.5. The number of hydrogen-bond acceptors (Lipinski definition) is 7. The Labute approximate surface area is 212 Å². The van der Waals surface area contributed by atoms with Gasteiger partial charge >= 0.3 is 10.1 Å². The highest BCUT2D eigenvalue weighted by Gasteiger charge is 2.40. The highest BCUT2D eigenvalue weighted by Crippen LogP contribution is 2.48. The zero-order chi connectivity index (χ0) is 24.7. The predicted octanol–water partition coefficient (Wildman–Crippen LogP) is 4.93. The molecule has 1 N–H and O–H groups in total. The summed E-state index contributed by atoms with van der Waals surface area (Å²) in [5.74, 6) is -0.302. The van der Waals surface area contributed by atoms with Crippen molar-refractivity contribution in [2.45, 2.75) is 49.3 Å². The molecule has 0 saturated heterocycles. The van der Waals surface area contributed by atoms with Crippen LogP contribution in [0.1, 0.15) is 50.0 Å². The maximum atomic E-state index is 13.1. The van der Waals surface area contributed by atoms with Gasteiger partial charge in [0.05, 0.1) is 11.6 Å². The zero-order valence-electron chi connectivity index (χ0n) is 19.1. The third kappa shape index (κ3) is 4.31. The molecule has 0 atom stereocenters. The van der Waals surface area contributed by atoms with E-state index in [1.54, 1.807) is 30.3 Å². The molecule has 3 aliphatic rings. The Morgan fingerprint density at radius 1 is 0.914 bits per heavy atom. The Kier molecular flexibility index (Phi) is 6.31. The highest BCUT2D eigenvalue weighted by atomic mass is 79.9. The topological polar surface area (TPSA) is 98.8 Å².